The van der Waals surface area contributed by atoms with Crippen LogP contribution in [0.2, 0.25) is 0 Å². The summed E-state index contributed by atoms with van der Waals surface area (Å²) in [6.45, 7) is 7.86. The van der Waals surface area contributed by atoms with Crippen LogP contribution >= 0.6 is 11.8 Å². The van der Waals surface area contributed by atoms with Crippen molar-refractivity contribution < 1.29 is 5.11 Å². The maximum absolute atomic E-state index is 9.07. The Morgan fingerprint density at radius 1 is 1.29 bits per heavy atom. The van der Waals surface area contributed by atoms with E-state index in [0.717, 1.165) is 62.5 Å². The molecule has 0 saturated carbocycles. The fourth-order valence-electron chi connectivity index (χ4n) is 2.50. The highest BCUT2D eigenvalue weighted by molar-refractivity contribution is 7.98. The zero-order valence-corrected chi connectivity index (χ0v) is 13.7. The lowest BCUT2D eigenvalue weighted by atomic mass is 10.3. The average Bonchev–Trinajstić information content (AvgIpc) is 2.73. The molecule has 1 fully saturated rings. The Labute approximate surface area is 131 Å². The van der Waals surface area contributed by atoms with Crippen molar-refractivity contribution in [1.82, 2.24) is 14.9 Å². The standard InChI is InChI=1S/C14H25N5OS/c1-3-15-12-11-13(17-14(16-12)21-2)19-6-4-5-18(7-8-19)9-10-20/h11,20H,3-10H2,1-2H3,(H,15,16,17). The highest BCUT2D eigenvalue weighted by Crippen LogP contribution is 2.21. The molecule has 0 radical (unpaired) electrons. The van der Waals surface area contributed by atoms with Gasteiger partial charge in [0.15, 0.2) is 5.16 Å². The smallest absolute Gasteiger partial charge is 0.191 e. The minimum atomic E-state index is 0.231. The highest BCUT2D eigenvalue weighted by Gasteiger charge is 2.17. The number of aliphatic hydroxyl groups excluding tert-OH is 1. The number of rotatable bonds is 6. The quantitative estimate of drug-likeness (QED) is 0.603. The topological polar surface area (TPSA) is 64.5 Å². The Bertz CT molecular complexity index is 445. The van der Waals surface area contributed by atoms with Crippen molar-refractivity contribution in [1.29, 1.82) is 0 Å². The van der Waals surface area contributed by atoms with Crippen LogP contribution in [0, 0.1) is 0 Å². The van der Waals surface area contributed by atoms with Crippen LogP contribution in [-0.4, -0.2) is 72.1 Å². The van der Waals surface area contributed by atoms with E-state index >= 15 is 0 Å². The maximum Gasteiger partial charge on any atom is 0.191 e. The van der Waals surface area contributed by atoms with Crippen LogP contribution < -0.4 is 10.2 Å². The molecule has 1 aliphatic rings. The fourth-order valence-corrected chi connectivity index (χ4v) is 2.88. The summed E-state index contributed by atoms with van der Waals surface area (Å²) in [6.07, 6.45) is 3.09. The van der Waals surface area contributed by atoms with Crippen molar-refractivity contribution in [3.63, 3.8) is 0 Å². The molecule has 1 aromatic heterocycles. The van der Waals surface area contributed by atoms with E-state index in [2.05, 4.69) is 32.0 Å². The number of hydrogen-bond acceptors (Lipinski definition) is 7. The van der Waals surface area contributed by atoms with Crippen LogP contribution in [0.15, 0.2) is 11.2 Å². The largest absolute Gasteiger partial charge is 0.395 e. The Hall–Kier alpha value is -1.05. The van der Waals surface area contributed by atoms with Crippen molar-refractivity contribution in [2.24, 2.45) is 0 Å². The predicted octanol–water partition coefficient (Wildman–Crippen LogP) is 1.13. The van der Waals surface area contributed by atoms with Crippen LogP contribution in [0.4, 0.5) is 11.6 Å². The third-order valence-corrected chi connectivity index (χ3v) is 4.11. The van der Waals surface area contributed by atoms with E-state index in [0.29, 0.717) is 0 Å². The molecule has 2 heterocycles. The van der Waals surface area contributed by atoms with Gasteiger partial charge in [0.25, 0.3) is 0 Å². The van der Waals surface area contributed by atoms with Gasteiger partial charge < -0.3 is 15.3 Å². The lowest BCUT2D eigenvalue weighted by Gasteiger charge is -2.23. The molecule has 7 heteroatoms. The number of aromatic nitrogens is 2. The first kappa shape index (κ1) is 16.3. The molecular weight excluding hydrogens is 286 g/mol. The number of hydrogen-bond donors (Lipinski definition) is 2. The van der Waals surface area contributed by atoms with Crippen molar-refractivity contribution in [2.75, 3.05) is 62.3 Å². The zero-order valence-electron chi connectivity index (χ0n) is 12.9. The summed E-state index contributed by atoms with van der Waals surface area (Å²) in [7, 11) is 0. The minimum absolute atomic E-state index is 0.231. The summed E-state index contributed by atoms with van der Waals surface area (Å²) in [5, 5.41) is 13.1. The molecule has 0 amide bonds. The molecule has 2 rings (SSSR count). The van der Waals surface area contributed by atoms with Crippen LogP contribution in [0.5, 0.6) is 0 Å². The number of anilines is 2. The normalized spacial score (nSPS) is 16.8. The molecule has 0 aliphatic carbocycles. The third-order valence-electron chi connectivity index (χ3n) is 3.56. The number of nitrogens with zero attached hydrogens (tertiary/aromatic N) is 4. The SMILES string of the molecule is CCNc1cc(N2CCCN(CCO)CC2)nc(SC)n1. The molecule has 0 aromatic carbocycles. The molecule has 0 unspecified atom stereocenters. The van der Waals surface area contributed by atoms with E-state index < -0.39 is 0 Å². The Kier molecular flexibility index (Phi) is 6.53. The van der Waals surface area contributed by atoms with Crippen LogP contribution in [0.3, 0.4) is 0 Å². The molecule has 0 spiro atoms. The molecule has 0 bridgehead atoms. The fraction of sp³-hybridized carbons (Fsp3) is 0.714. The zero-order chi connectivity index (χ0) is 15.1. The molecule has 1 saturated heterocycles. The van der Waals surface area contributed by atoms with Gasteiger partial charge in [-0.1, -0.05) is 11.8 Å². The van der Waals surface area contributed by atoms with Crippen molar-refractivity contribution in [3.8, 4) is 0 Å². The van der Waals surface area contributed by atoms with Crippen molar-refractivity contribution in [3.05, 3.63) is 6.07 Å². The lowest BCUT2D eigenvalue weighted by molar-refractivity contribution is 0.204. The molecule has 118 valence electrons. The molecule has 0 atom stereocenters. The first-order valence-electron chi connectivity index (χ1n) is 7.52. The molecule has 21 heavy (non-hydrogen) atoms. The second-order valence-electron chi connectivity index (χ2n) is 5.03. The van der Waals surface area contributed by atoms with Crippen LogP contribution in [-0.2, 0) is 0 Å². The molecule has 6 nitrogen and oxygen atoms in total. The molecular formula is C14H25N5OS. The van der Waals surface area contributed by atoms with Gasteiger partial charge in [0.2, 0.25) is 0 Å². The van der Waals surface area contributed by atoms with E-state index in [4.69, 9.17) is 5.11 Å². The number of thioether (sulfide) groups is 1. The van der Waals surface area contributed by atoms with Gasteiger partial charge in [0, 0.05) is 38.8 Å². The van der Waals surface area contributed by atoms with E-state index in [1.807, 2.05) is 12.3 Å². The van der Waals surface area contributed by atoms with Gasteiger partial charge in [-0.2, -0.15) is 0 Å². The van der Waals surface area contributed by atoms with Gasteiger partial charge in [-0.25, -0.2) is 9.97 Å². The second-order valence-corrected chi connectivity index (χ2v) is 5.81. The van der Waals surface area contributed by atoms with Crippen LogP contribution in [0.1, 0.15) is 13.3 Å². The highest BCUT2D eigenvalue weighted by atomic mass is 32.2. The van der Waals surface area contributed by atoms with Crippen molar-refractivity contribution in [2.45, 2.75) is 18.5 Å². The van der Waals surface area contributed by atoms with Crippen LogP contribution in [0.25, 0.3) is 0 Å². The first-order valence-corrected chi connectivity index (χ1v) is 8.74. The summed E-state index contributed by atoms with van der Waals surface area (Å²) >= 11 is 1.57. The minimum Gasteiger partial charge on any atom is -0.395 e. The Morgan fingerprint density at radius 3 is 2.86 bits per heavy atom. The van der Waals surface area contributed by atoms with Gasteiger partial charge in [-0.05, 0) is 26.1 Å². The van der Waals surface area contributed by atoms with E-state index in [-0.39, 0.29) is 6.61 Å². The first-order chi connectivity index (χ1) is 10.3. The van der Waals surface area contributed by atoms with Gasteiger partial charge >= 0.3 is 0 Å². The monoisotopic (exact) mass is 311 g/mol. The summed E-state index contributed by atoms with van der Waals surface area (Å²) < 4.78 is 0. The Morgan fingerprint density at radius 2 is 2.14 bits per heavy atom. The Balaban J connectivity index is 2.11. The van der Waals surface area contributed by atoms with Gasteiger partial charge in [-0.15, -0.1) is 0 Å². The maximum atomic E-state index is 9.07. The number of aliphatic hydroxyl groups is 1. The van der Waals surface area contributed by atoms with Gasteiger partial charge in [0.05, 0.1) is 6.61 Å². The van der Waals surface area contributed by atoms with Gasteiger partial charge in [0.1, 0.15) is 11.6 Å². The summed E-state index contributed by atoms with van der Waals surface area (Å²) in [5.41, 5.74) is 0. The lowest BCUT2D eigenvalue weighted by Crippen LogP contribution is -2.32. The molecule has 1 aromatic rings. The average molecular weight is 311 g/mol. The predicted molar refractivity (Wildman–Crippen MR) is 88.3 cm³/mol. The number of β-amino-alcohol motifs (C(OH)–C–C–N with tert-alkyl or cyclic N) is 1. The van der Waals surface area contributed by atoms with Gasteiger partial charge in [-0.3, -0.25) is 4.90 Å². The molecule has 1 aliphatic heterocycles. The third kappa shape index (κ3) is 4.72. The second kappa shape index (κ2) is 8.41. The number of nitrogens with one attached hydrogen (secondary N) is 1. The molecule has 2 N–H and O–H groups in total. The summed E-state index contributed by atoms with van der Waals surface area (Å²) in [4.78, 5) is 13.7. The van der Waals surface area contributed by atoms with Crippen molar-refractivity contribution >= 4 is 23.4 Å². The summed E-state index contributed by atoms with van der Waals surface area (Å²) in [5.74, 6) is 1.89. The summed E-state index contributed by atoms with van der Waals surface area (Å²) in [6, 6.07) is 2.03. The van der Waals surface area contributed by atoms with E-state index in [1.54, 1.807) is 11.8 Å². The van der Waals surface area contributed by atoms with E-state index in [1.165, 1.54) is 0 Å². The van der Waals surface area contributed by atoms with E-state index in [9.17, 15) is 0 Å².